The highest BCUT2D eigenvalue weighted by atomic mass is 15.3. The maximum Gasteiger partial charge on any atom is 0.0224 e. The summed E-state index contributed by atoms with van der Waals surface area (Å²) in [5.74, 6) is 0.979. The Kier molecular flexibility index (Phi) is 3.09. The van der Waals surface area contributed by atoms with Gasteiger partial charge in [0.25, 0.3) is 0 Å². The molecule has 1 heterocycles. The SMILES string of the molecule is CCC1CNC(C2CC2)CN1C(C)(C)C. The van der Waals surface area contributed by atoms with E-state index in [0.717, 1.165) is 18.0 Å². The number of rotatable bonds is 2. The lowest BCUT2D eigenvalue weighted by Crippen LogP contribution is -2.62. The molecule has 2 unspecified atom stereocenters. The lowest BCUT2D eigenvalue weighted by molar-refractivity contribution is 0.0352. The van der Waals surface area contributed by atoms with Crippen LogP contribution in [0, 0.1) is 5.92 Å². The van der Waals surface area contributed by atoms with Crippen LogP contribution in [-0.4, -0.2) is 35.6 Å². The number of nitrogens with one attached hydrogen (secondary N) is 1. The molecule has 0 aromatic heterocycles. The van der Waals surface area contributed by atoms with Crippen LogP contribution in [0.5, 0.6) is 0 Å². The Labute approximate surface area is 94.4 Å². The third-order valence-corrected chi connectivity index (χ3v) is 3.97. The molecule has 2 atom stereocenters. The van der Waals surface area contributed by atoms with Crippen molar-refractivity contribution in [1.82, 2.24) is 10.2 Å². The second-order valence-corrected chi connectivity index (χ2v) is 6.24. The van der Waals surface area contributed by atoms with Gasteiger partial charge in [0.15, 0.2) is 0 Å². The van der Waals surface area contributed by atoms with E-state index in [9.17, 15) is 0 Å². The minimum Gasteiger partial charge on any atom is -0.311 e. The monoisotopic (exact) mass is 210 g/mol. The molecule has 88 valence electrons. The normalized spacial score (nSPS) is 34.4. The first-order valence-electron chi connectivity index (χ1n) is 6.52. The third-order valence-electron chi connectivity index (χ3n) is 3.97. The van der Waals surface area contributed by atoms with Gasteiger partial charge in [-0.3, -0.25) is 4.90 Å². The maximum absolute atomic E-state index is 3.74. The average molecular weight is 210 g/mol. The number of hydrogen-bond donors (Lipinski definition) is 1. The van der Waals surface area contributed by atoms with E-state index in [1.54, 1.807) is 0 Å². The summed E-state index contributed by atoms with van der Waals surface area (Å²) in [6.07, 6.45) is 4.17. The Morgan fingerprint density at radius 1 is 1.27 bits per heavy atom. The fourth-order valence-electron chi connectivity index (χ4n) is 2.82. The lowest BCUT2D eigenvalue weighted by Gasteiger charge is -2.47. The topological polar surface area (TPSA) is 15.3 Å². The van der Waals surface area contributed by atoms with E-state index >= 15 is 0 Å². The van der Waals surface area contributed by atoms with Crippen LogP contribution >= 0.6 is 0 Å². The largest absolute Gasteiger partial charge is 0.311 e. The molecule has 1 saturated carbocycles. The zero-order valence-electron chi connectivity index (χ0n) is 10.7. The molecule has 2 fully saturated rings. The first kappa shape index (κ1) is 11.4. The summed E-state index contributed by atoms with van der Waals surface area (Å²) in [7, 11) is 0. The Balaban J connectivity index is 2.01. The van der Waals surface area contributed by atoms with Crippen molar-refractivity contribution in [3.05, 3.63) is 0 Å². The summed E-state index contributed by atoms with van der Waals surface area (Å²) in [5.41, 5.74) is 0.329. The zero-order chi connectivity index (χ0) is 11.1. The van der Waals surface area contributed by atoms with Crippen molar-refractivity contribution in [3.8, 4) is 0 Å². The second kappa shape index (κ2) is 4.06. The molecule has 2 heteroatoms. The van der Waals surface area contributed by atoms with Crippen molar-refractivity contribution in [2.45, 2.75) is 64.6 Å². The molecule has 1 saturated heterocycles. The van der Waals surface area contributed by atoms with Crippen LogP contribution in [0.1, 0.15) is 47.0 Å². The van der Waals surface area contributed by atoms with E-state index in [-0.39, 0.29) is 0 Å². The molecule has 1 aliphatic carbocycles. The van der Waals surface area contributed by atoms with Crippen LogP contribution in [0.4, 0.5) is 0 Å². The van der Waals surface area contributed by atoms with Crippen molar-refractivity contribution in [2.24, 2.45) is 5.92 Å². The summed E-state index contributed by atoms with van der Waals surface area (Å²) < 4.78 is 0. The highest BCUT2D eigenvalue weighted by Gasteiger charge is 2.39. The predicted molar refractivity (Wildman–Crippen MR) is 65.1 cm³/mol. The van der Waals surface area contributed by atoms with Gasteiger partial charge in [0, 0.05) is 30.7 Å². The minimum atomic E-state index is 0.329. The van der Waals surface area contributed by atoms with Crippen molar-refractivity contribution < 1.29 is 0 Å². The van der Waals surface area contributed by atoms with Crippen molar-refractivity contribution >= 4 is 0 Å². The van der Waals surface area contributed by atoms with Crippen molar-refractivity contribution in [3.63, 3.8) is 0 Å². The first-order valence-corrected chi connectivity index (χ1v) is 6.52. The molecule has 0 bridgehead atoms. The smallest absolute Gasteiger partial charge is 0.0224 e. The van der Waals surface area contributed by atoms with Gasteiger partial charge >= 0.3 is 0 Å². The standard InChI is InChI=1S/C13H26N2/c1-5-11-8-14-12(10-6-7-10)9-15(11)13(2,3)4/h10-12,14H,5-9H2,1-4H3. The van der Waals surface area contributed by atoms with Gasteiger partial charge in [-0.15, -0.1) is 0 Å². The van der Waals surface area contributed by atoms with Crippen LogP contribution in [0.3, 0.4) is 0 Å². The van der Waals surface area contributed by atoms with Crippen LogP contribution < -0.4 is 5.32 Å². The molecule has 2 aliphatic rings. The van der Waals surface area contributed by atoms with E-state index in [0.29, 0.717) is 5.54 Å². The van der Waals surface area contributed by atoms with Gasteiger partial charge in [0.05, 0.1) is 0 Å². The summed E-state index contributed by atoms with van der Waals surface area (Å²) in [6.45, 7) is 11.8. The minimum absolute atomic E-state index is 0.329. The van der Waals surface area contributed by atoms with Crippen LogP contribution in [0.15, 0.2) is 0 Å². The van der Waals surface area contributed by atoms with Gasteiger partial charge in [0.2, 0.25) is 0 Å². The highest BCUT2D eigenvalue weighted by molar-refractivity contribution is 4.97. The quantitative estimate of drug-likeness (QED) is 0.752. The molecule has 0 aromatic carbocycles. The van der Waals surface area contributed by atoms with Crippen molar-refractivity contribution in [2.75, 3.05) is 13.1 Å². The third kappa shape index (κ3) is 2.54. The fourth-order valence-corrected chi connectivity index (χ4v) is 2.82. The van der Waals surface area contributed by atoms with Gasteiger partial charge in [-0.05, 0) is 46.0 Å². The van der Waals surface area contributed by atoms with Gasteiger partial charge in [0.1, 0.15) is 0 Å². The Morgan fingerprint density at radius 3 is 2.40 bits per heavy atom. The van der Waals surface area contributed by atoms with Crippen molar-refractivity contribution in [1.29, 1.82) is 0 Å². The molecule has 0 spiro atoms. The van der Waals surface area contributed by atoms with E-state index < -0.39 is 0 Å². The molecule has 0 aromatic rings. The molecule has 0 amide bonds. The Morgan fingerprint density at radius 2 is 1.93 bits per heavy atom. The molecule has 2 nitrogen and oxygen atoms in total. The number of piperazine rings is 1. The summed E-state index contributed by atoms with van der Waals surface area (Å²) >= 11 is 0. The van der Waals surface area contributed by atoms with Crippen LogP contribution in [0.25, 0.3) is 0 Å². The van der Waals surface area contributed by atoms with Crippen LogP contribution in [0.2, 0.25) is 0 Å². The summed E-state index contributed by atoms with van der Waals surface area (Å²) in [6, 6.07) is 1.51. The van der Waals surface area contributed by atoms with Gasteiger partial charge < -0.3 is 5.32 Å². The first-order chi connectivity index (χ1) is 7.02. The van der Waals surface area contributed by atoms with Gasteiger partial charge in [-0.25, -0.2) is 0 Å². The number of nitrogens with zero attached hydrogens (tertiary/aromatic N) is 1. The Hall–Kier alpha value is -0.0800. The van der Waals surface area contributed by atoms with Crippen LogP contribution in [-0.2, 0) is 0 Å². The predicted octanol–water partition coefficient (Wildman–Crippen LogP) is 2.25. The van der Waals surface area contributed by atoms with E-state index in [1.807, 2.05) is 0 Å². The van der Waals surface area contributed by atoms with E-state index in [4.69, 9.17) is 0 Å². The molecule has 1 aliphatic heterocycles. The highest BCUT2D eigenvalue weighted by Crippen LogP contribution is 2.35. The molecule has 2 rings (SSSR count). The molecule has 0 radical (unpaired) electrons. The lowest BCUT2D eigenvalue weighted by atomic mass is 9.96. The summed E-state index contributed by atoms with van der Waals surface area (Å²) in [5, 5.41) is 3.74. The molecular weight excluding hydrogens is 184 g/mol. The molecule has 15 heavy (non-hydrogen) atoms. The average Bonchev–Trinajstić information content (AvgIpc) is 2.98. The second-order valence-electron chi connectivity index (χ2n) is 6.24. The molecular formula is C13H26N2. The van der Waals surface area contributed by atoms with Gasteiger partial charge in [-0.2, -0.15) is 0 Å². The maximum atomic E-state index is 3.74. The summed E-state index contributed by atoms with van der Waals surface area (Å²) in [4.78, 5) is 2.71. The Bertz CT molecular complexity index is 215. The fraction of sp³-hybridized carbons (Fsp3) is 1.00. The van der Waals surface area contributed by atoms with E-state index in [2.05, 4.69) is 37.9 Å². The zero-order valence-corrected chi connectivity index (χ0v) is 10.7. The molecule has 1 N–H and O–H groups in total. The van der Waals surface area contributed by atoms with Gasteiger partial charge in [-0.1, -0.05) is 6.92 Å². The van der Waals surface area contributed by atoms with E-state index in [1.165, 1.54) is 32.4 Å². The number of hydrogen-bond acceptors (Lipinski definition) is 2.